The Hall–Kier alpha value is -2.64. The van der Waals surface area contributed by atoms with Crippen molar-refractivity contribution in [2.24, 2.45) is 5.92 Å². The molecule has 1 saturated heterocycles. The van der Waals surface area contributed by atoms with Crippen LogP contribution in [0.1, 0.15) is 40.8 Å². The molecule has 1 unspecified atom stereocenters. The second-order valence-corrected chi connectivity index (χ2v) is 7.67. The molecule has 0 spiro atoms. The summed E-state index contributed by atoms with van der Waals surface area (Å²) in [6, 6.07) is 10.9. The van der Waals surface area contributed by atoms with Crippen LogP contribution in [0.15, 0.2) is 40.8 Å². The summed E-state index contributed by atoms with van der Waals surface area (Å²) in [6.07, 6.45) is 1.89. The lowest BCUT2D eigenvalue weighted by Gasteiger charge is -2.33. The standard InChI is InChI=1S/C22H27N3O4/c1-15-5-8-20(29-15)19(25-9-11-28-12-10-25)14-23-21(26)17-3-2-4-18(13-17)24-22(27)16-6-7-16/h2-5,8,13,16,19H,6-7,9-12,14H2,1H3,(H,23,26)(H,24,27). The molecule has 2 aliphatic rings. The smallest absolute Gasteiger partial charge is 0.251 e. The van der Waals surface area contributed by atoms with Gasteiger partial charge in [-0.25, -0.2) is 0 Å². The number of carbonyl (C=O) groups excluding carboxylic acids is 2. The van der Waals surface area contributed by atoms with Crippen LogP contribution in [0.25, 0.3) is 0 Å². The molecular formula is C22H27N3O4. The second kappa shape index (κ2) is 8.80. The van der Waals surface area contributed by atoms with Crippen LogP contribution in [-0.4, -0.2) is 49.6 Å². The van der Waals surface area contributed by atoms with Crippen molar-refractivity contribution in [3.8, 4) is 0 Å². The fraction of sp³-hybridized carbons (Fsp3) is 0.455. The summed E-state index contributed by atoms with van der Waals surface area (Å²) in [5.74, 6) is 1.68. The van der Waals surface area contributed by atoms with Gasteiger partial charge in [0, 0.05) is 36.8 Å². The normalized spacial score (nSPS) is 18.2. The van der Waals surface area contributed by atoms with E-state index in [1.165, 1.54) is 0 Å². The highest BCUT2D eigenvalue weighted by Crippen LogP contribution is 2.30. The number of hydrogen-bond donors (Lipinski definition) is 2. The Bertz CT molecular complexity index is 868. The number of aryl methyl sites for hydroxylation is 1. The Morgan fingerprint density at radius 2 is 1.97 bits per heavy atom. The average Bonchev–Trinajstić information content (AvgIpc) is 3.51. The van der Waals surface area contributed by atoms with Gasteiger partial charge in [0.2, 0.25) is 5.91 Å². The predicted octanol–water partition coefficient (Wildman–Crippen LogP) is 2.74. The van der Waals surface area contributed by atoms with Crippen molar-refractivity contribution in [2.75, 3.05) is 38.2 Å². The summed E-state index contributed by atoms with van der Waals surface area (Å²) < 4.78 is 11.3. The zero-order chi connectivity index (χ0) is 20.2. The molecule has 0 radical (unpaired) electrons. The maximum atomic E-state index is 12.8. The summed E-state index contributed by atoms with van der Waals surface area (Å²) in [6.45, 7) is 5.29. The zero-order valence-electron chi connectivity index (χ0n) is 16.6. The lowest BCUT2D eigenvalue weighted by Crippen LogP contribution is -2.43. The van der Waals surface area contributed by atoms with E-state index >= 15 is 0 Å². The van der Waals surface area contributed by atoms with Crippen molar-refractivity contribution >= 4 is 17.5 Å². The Kier molecular flexibility index (Phi) is 5.97. The van der Waals surface area contributed by atoms with E-state index in [0.717, 1.165) is 37.5 Å². The van der Waals surface area contributed by atoms with Gasteiger partial charge in [0.25, 0.3) is 5.91 Å². The minimum atomic E-state index is -0.172. The molecule has 2 fully saturated rings. The summed E-state index contributed by atoms with van der Waals surface area (Å²) in [4.78, 5) is 27.0. The van der Waals surface area contributed by atoms with E-state index in [4.69, 9.17) is 9.15 Å². The molecule has 1 aromatic carbocycles. The van der Waals surface area contributed by atoms with E-state index < -0.39 is 0 Å². The number of anilines is 1. The van der Waals surface area contributed by atoms with E-state index in [9.17, 15) is 9.59 Å². The summed E-state index contributed by atoms with van der Waals surface area (Å²) >= 11 is 0. The molecule has 4 rings (SSSR count). The lowest BCUT2D eigenvalue weighted by atomic mass is 10.1. The second-order valence-electron chi connectivity index (χ2n) is 7.67. The molecule has 2 heterocycles. The molecule has 0 bridgehead atoms. The van der Waals surface area contributed by atoms with Crippen LogP contribution >= 0.6 is 0 Å². The van der Waals surface area contributed by atoms with Crippen LogP contribution in [0.3, 0.4) is 0 Å². The fourth-order valence-corrected chi connectivity index (χ4v) is 3.55. The maximum absolute atomic E-state index is 12.8. The number of nitrogens with one attached hydrogen (secondary N) is 2. The number of benzene rings is 1. The number of nitrogens with zero attached hydrogens (tertiary/aromatic N) is 1. The van der Waals surface area contributed by atoms with E-state index in [1.54, 1.807) is 24.3 Å². The van der Waals surface area contributed by atoms with Crippen LogP contribution in [0, 0.1) is 12.8 Å². The van der Waals surface area contributed by atoms with Crippen LogP contribution in [0.2, 0.25) is 0 Å². The fourth-order valence-electron chi connectivity index (χ4n) is 3.55. The van der Waals surface area contributed by atoms with E-state index in [2.05, 4.69) is 15.5 Å². The van der Waals surface area contributed by atoms with Crippen LogP contribution in [0.4, 0.5) is 5.69 Å². The van der Waals surface area contributed by atoms with Crippen LogP contribution in [-0.2, 0) is 9.53 Å². The molecule has 29 heavy (non-hydrogen) atoms. The highest BCUT2D eigenvalue weighted by atomic mass is 16.5. The first-order valence-corrected chi connectivity index (χ1v) is 10.2. The molecule has 2 amide bonds. The van der Waals surface area contributed by atoms with Crippen LogP contribution < -0.4 is 10.6 Å². The maximum Gasteiger partial charge on any atom is 0.251 e. The molecule has 1 aliphatic carbocycles. The quantitative estimate of drug-likeness (QED) is 0.751. The van der Waals surface area contributed by atoms with Gasteiger partial charge in [-0.2, -0.15) is 0 Å². The molecule has 154 valence electrons. The molecule has 7 nitrogen and oxygen atoms in total. The topological polar surface area (TPSA) is 83.8 Å². The van der Waals surface area contributed by atoms with Gasteiger partial charge < -0.3 is 19.8 Å². The third-order valence-electron chi connectivity index (χ3n) is 5.37. The average molecular weight is 397 g/mol. The highest BCUT2D eigenvalue weighted by Gasteiger charge is 2.29. The largest absolute Gasteiger partial charge is 0.465 e. The predicted molar refractivity (Wildman–Crippen MR) is 109 cm³/mol. The summed E-state index contributed by atoms with van der Waals surface area (Å²) in [5.41, 5.74) is 1.18. The molecular weight excluding hydrogens is 370 g/mol. The Labute approximate surface area is 170 Å². The number of ether oxygens (including phenoxy) is 1. The van der Waals surface area contributed by atoms with Crippen molar-refractivity contribution < 1.29 is 18.7 Å². The number of morpholine rings is 1. The number of rotatable bonds is 7. The van der Waals surface area contributed by atoms with Crippen molar-refractivity contribution in [1.82, 2.24) is 10.2 Å². The van der Waals surface area contributed by atoms with Crippen molar-refractivity contribution in [3.63, 3.8) is 0 Å². The minimum absolute atomic E-state index is 0.0307. The minimum Gasteiger partial charge on any atom is -0.465 e. The first kappa shape index (κ1) is 19.7. The number of furan rings is 1. The Morgan fingerprint density at radius 3 is 2.66 bits per heavy atom. The van der Waals surface area contributed by atoms with Crippen molar-refractivity contribution in [3.05, 3.63) is 53.5 Å². The van der Waals surface area contributed by atoms with Crippen molar-refractivity contribution in [1.29, 1.82) is 0 Å². The lowest BCUT2D eigenvalue weighted by molar-refractivity contribution is -0.117. The molecule has 2 aromatic rings. The molecule has 2 N–H and O–H groups in total. The zero-order valence-corrected chi connectivity index (χ0v) is 16.6. The van der Waals surface area contributed by atoms with Crippen LogP contribution in [0.5, 0.6) is 0 Å². The number of carbonyl (C=O) groups is 2. The summed E-state index contributed by atoms with van der Waals surface area (Å²) in [5, 5.41) is 5.91. The van der Waals surface area contributed by atoms with E-state index in [-0.39, 0.29) is 23.8 Å². The molecule has 1 aliphatic heterocycles. The molecule has 1 saturated carbocycles. The monoisotopic (exact) mass is 397 g/mol. The third kappa shape index (κ3) is 5.05. The van der Waals surface area contributed by atoms with Gasteiger partial charge in [-0.15, -0.1) is 0 Å². The molecule has 7 heteroatoms. The summed E-state index contributed by atoms with van der Waals surface area (Å²) in [7, 11) is 0. The van der Waals surface area contributed by atoms with Crippen molar-refractivity contribution in [2.45, 2.75) is 25.8 Å². The molecule has 1 aromatic heterocycles. The third-order valence-corrected chi connectivity index (χ3v) is 5.37. The number of hydrogen-bond acceptors (Lipinski definition) is 5. The van der Waals surface area contributed by atoms with Gasteiger partial charge in [-0.1, -0.05) is 6.07 Å². The van der Waals surface area contributed by atoms with Gasteiger partial charge in [0.1, 0.15) is 11.5 Å². The van der Waals surface area contributed by atoms with Gasteiger partial charge in [-0.05, 0) is 50.1 Å². The van der Waals surface area contributed by atoms with Gasteiger partial charge in [0.15, 0.2) is 0 Å². The van der Waals surface area contributed by atoms with Gasteiger partial charge >= 0.3 is 0 Å². The van der Waals surface area contributed by atoms with E-state index in [0.29, 0.717) is 31.0 Å². The van der Waals surface area contributed by atoms with Gasteiger partial charge in [0.05, 0.1) is 19.3 Å². The molecule has 1 atom stereocenters. The first-order chi connectivity index (χ1) is 14.1. The number of amides is 2. The van der Waals surface area contributed by atoms with Gasteiger partial charge in [-0.3, -0.25) is 14.5 Å². The highest BCUT2D eigenvalue weighted by molar-refractivity contribution is 5.98. The SMILES string of the molecule is Cc1ccc(C(CNC(=O)c2cccc(NC(=O)C3CC3)c2)N2CCOCC2)o1. The Balaban J connectivity index is 1.41. The Morgan fingerprint density at radius 1 is 1.17 bits per heavy atom. The van der Waals surface area contributed by atoms with E-state index in [1.807, 2.05) is 19.1 Å². The first-order valence-electron chi connectivity index (χ1n) is 10.2.